The summed E-state index contributed by atoms with van der Waals surface area (Å²) in [5.41, 5.74) is 7.56. The zero-order valence-corrected chi connectivity index (χ0v) is 13.0. The number of benzene rings is 1. The van der Waals surface area contributed by atoms with Gasteiger partial charge in [-0.25, -0.2) is 0 Å². The minimum Gasteiger partial charge on any atom is -0.337 e. The molecule has 0 aliphatic carbocycles. The summed E-state index contributed by atoms with van der Waals surface area (Å²) < 4.78 is 0. The molecule has 2 aromatic rings. The van der Waals surface area contributed by atoms with Crippen molar-refractivity contribution in [2.24, 2.45) is 5.73 Å². The van der Waals surface area contributed by atoms with E-state index in [-0.39, 0.29) is 5.91 Å². The van der Waals surface area contributed by atoms with Gasteiger partial charge in [-0.05, 0) is 23.8 Å². The number of pyridine rings is 1. The largest absolute Gasteiger partial charge is 0.337 e. The van der Waals surface area contributed by atoms with Gasteiger partial charge in [0.15, 0.2) is 0 Å². The molecule has 0 aliphatic heterocycles. The highest BCUT2D eigenvalue weighted by Crippen LogP contribution is 2.26. The second-order valence-corrected chi connectivity index (χ2v) is 5.40. The van der Waals surface area contributed by atoms with Crippen molar-refractivity contribution in [2.45, 2.75) is 13.1 Å². The molecule has 0 aliphatic rings. The first-order valence-electron chi connectivity index (χ1n) is 6.36. The summed E-state index contributed by atoms with van der Waals surface area (Å²) in [6.45, 7) is 0.670. The van der Waals surface area contributed by atoms with Gasteiger partial charge in [-0.1, -0.05) is 35.3 Å². The molecule has 0 saturated carbocycles. The van der Waals surface area contributed by atoms with E-state index in [2.05, 4.69) is 4.98 Å². The van der Waals surface area contributed by atoms with Crippen LogP contribution in [-0.2, 0) is 13.1 Å². The number of hydrogen-bond acceptors (Lipinski definition) is 3. The third kappa shape index (κ3) is 3.73. The van der Waals surface area contributed by atoms with E-state index < -0.39 is 0 Å². The van der Waals surface area contributed by atoms with Crippen molar-refractivity contribution in [1.29, 1.82) is 0 Å². The fourth-order valence-electron chi connectivity index (χ4n) is 1.94. The Bertz CT molecular complexity index is 661. The molecule has 110 valence electrons. The number of hydrogen-bond donors (Lipinski definition) is 1. The standard InChI is InChI=1S/C15H15Cl2N3O/c1-20(9-11-3-2-4-13(16)14(11)17)15(21)10-5-6-19-12(7-10)8-18/h2-7H,8-9,18H2,1H3. The molecule has 0 atom stereocenters. The van der Waals surface area contributed by atoms with E-state index >= 15 is 0 Å². The van der Waals surface area contributed by atoms with Crippen LogP contribution in [-0.4, -0.2) is 22.8 Å². The zero-order chi connectivity index (χ0) is 15.4. The normalized spacial score (nSPS) is 10.5. The minimum atomic E-state index is -0.122. The van der Waals surface area contributed by atoms with Gasteiger partial charge in [0.2, 0.25) is 0 Å². The summed E-state index contributed by atoms with van der Waals surface area (Å²) in [5.74, 6) is -0.122. The Morgan fingerprint density at radius 2 is 2.10 bits per heavy atom. The van der Waals surface area contributed by atoms with Crippen LogP contribution in [0.15, 0.2) is 36.5 Å². The van der Waals surface area contributed by atoms with Crippen molar-refractivity contribution < 1.29 is 4.79 Å². The molecule has 1 aromatic carbocycles. The van der Waals surface area contributed by atoms with Crippen LogP contribution in [0.4, 0.5) is 0 Å². The van der Waals surface area contributed by atoms with Gasteiger partial charge in [0, 0.05) is 31.9 Å². The average Bonchev–Trinajstić information content (AvgIpc) is 2.51. The van der Waals surface area contributed by atoms with Crippen molar-refractivity contribution in [3.63, 3.8) is 0 Å². The molecule has 2 rings (SSSR count). The number of nitrogens with zero attached hydrogens (tertiary/aromatic N) is 2. The first-order chi connectivity index (χ1) is 10.0. The zero-order valence-electron chi connectivity index (χ0n) is 11.5. The monoisotopic (exact) mass is 323 g/mol. The van der Waals surface area contributed by atoms with Crippen LogP contribution in [0.3, 0.4) is 0 Å². The van der Waals surface area contributed by atoms with E-state index in [1.807, 2.05) is 6.07 Å². The lowest BCUT2D eigenvalue weighted by Crippen LogP contribution is -2.26. The minimum absolute atomic E-state index is 0.122. The number of nitrogens with two attached hydrogens (primary N) is 1. The molecule has 0 spiro atoms. The van der Waals surface area contributed by atoms with E-state index in [0.29, 0.717) is 34.4 Å². The highest BCUT2D eigenvalue weighted by Gasteiger charge is 2.14. The molecule has 4 nitrogen and oxygen atoms in total. The van der Waals surface area contributed by atoms with Crippen LogP contribution in [0.5, 0.6) is 0 Å². The van der Waals surface area contributed by atoms with Crippen LogP contribution < -0.4 is 5.73 Å². The fraction of sp³-hybridized carbons (Fsp3) is 0.200. The van der Waals surface area contributed by atoms with Crippen LogP contribution in [0.2, 0.25) is 10.0 Å². The molecule has 0 saturated heterocycles. The highest BCUT2D eigenvalue weighted by atomic mass is 35.5. The predicted octanol–water partition coefficient (Wildman–Crippen LogP) is 3.12. The van der Waals surface area contributed by atoms with Gasteiger partial charge < -0.3 is 10.6 Å². The second-order valence-electron chi connectivity index (χ2n) is 4.61. The highest BCUT2D eigenvalue weighted by molar-refractivity contribution is 6.42. The summed E-state index contributed by atoms with van der Waals surface area (Å²) in [4.78, 5) is 18.0. The number of rotatable bonds is 4. The lowest BCUT2D eigenvalue weighted by molar-refractivity contribution is 0.0785. The summed E-state index contributed by atoms with van der Waals surface area (Å²) in [7, 11) is 1.71. The molecule has 0 radical (unpaired) electrons. The first kappa shape index (κ1) is 15.8. The Balaban J connectivity index is 2.17. The van der Waals surface area contributed by atoms with E-state index in [9.17, 15) is 4.79 Å². The third-order valence-corrected chi connectivity index (χ3v) is 3.92. The Morgan fingerprint density at radius 1 is 1.33 bits per heavy atom. The summed E-state index contributed by atoms with van der Waals surface area (Å²) >= 11 is 12.1. The van der Waals surface area contributed by atoms with Crippen molar-refractivity contribution >= 4 is 29.1 Å². The van der Waals surface area contributed by atoms with Crippen LogP contribution in [0.25, 0.3) is 0 Å². The molecule has 0 unspecified atom stereocenters. The van der Waals surface area contributed by atoms with Gasteiger partial charge in [0.1, 0.15) is 0 Å². The molecule has 1 heterocycles. The predicted molar refractivity (Wildman–Crippen MR) is 84.4 cm³/mol. The van der Waals surface area contributed by atoms with Gasteiger partial charge in [0.25, 0.3) is 5.91 Å². The number of amides is 1. The van der Waals surface area contributed by atoms with Crippen molar-refractivity contribution in [3.8, 4) is 0 Å². The van der Waals surface area contributed by atoms with Crippen molar-refractivity contribution in [1.82, 2.24) is 9.88 Å². The third-order valence-electron chi connectivity index (χ3n) is 3.06. The maximum atomic E-state index is 12.4. The van der Waals surface area contributed by atoms with Gasteiger partial charge in [-0.3, -0.25) is 9.78 Å². The first-order valence-corrected chi connectivity index (χ1v) is 7.12. The van der Waals surface area contributed by atoms with Crippen LogP contribution in [0, 0.1) is 0 Å². The van der Waals surface area contributed by atoms with E-state index in [4.69, 9.17) is 28.9 Å². The second kappa shape index (κ2) is 6.89. The molecule has 1 amide bonds. The maximum absolute atomic E-state index is 12.4. The quantitative estimate of drug-likeness (QED) is 0.940. The number of halogens is 2. The van der Waals surface area contributed by atoms with Gasteiger partial charge in [0.05, 0.1) is 15.7 Å². The summed E-state index contributed by atoms with van der Waals surface area (Å²) in [6.07, 6.45) is 1.58. The van der Waals surface area contributed by atoms with Gasteiger partial charge >= 0.3 is 0 Å². The van der Waals surface area contributed by atoms with E-state index in [1.54, 1.807) is 42.4 Å². The van der Waals surface area contributed by atoms with Crippen LogP contribution in [0.1, 0.15) is 21.6 Å². The van der Waals surface area contributed by atoms with Crippen LogP contribution >= 0.6 is 23.2 Å². The molecular weight excluding hydrogens is 309 g/mol. The SMILES string of the molecule is CN(Cc1cccc(Cl)c1Cl)C(=O)c1ccnc(CN)c1. The Kier molecular flexibility index (Phi) is 5.17. The lowest BCUT2D eigenvalue weighted by atomic mass is 10.1. The Morgan fingerprint density at radius 3 is 2.81 bits per heavy atom. The summed E-state index contributed by atoms with van der Waals surface area (Å²) in [6, 6.07) is 8.72. The topological polar surface area (TPSA) is 59.2 Å². The number of carbonyl (C=O) groups excluding carboxylic acids is 1. The molecule has 1 aromatic heterocycles. The van der Waals surface area contributed by atoms with Gasteiger partial charge in [-0.15, -0.1) is 0 Å². The van der Waals surface area contributed by atoms with Crippen molar-refractivity contribution in [2.75, 3.05) is 7.05 Å². The molecule has 0 bridgehead atoms. The Labute approximate surface area is 133 Å². The smallest absolute Gasteiger partial charge is 0.254 e. The summed E-state index contributed by atoms with van der Waals surface area (Å²) in [5, 5.41) is 0.945. The molecular formula is C15H15Cl2N3O. The maximum Gasteiger partial charge on any atom is 0.254 e. The number of aromatic nitrogens is 1. The lowest BCUT2D eigenvalue weighted by Gasteiger charge is -2.18. The van der Waals surface area contributed by atoms with E-state index in [0.717, 1.165) is 5.56 Å². The molecule has 6 heteroatoms. The van der Waals surface area contributed by atoms with Crippen molar-refractivity contribution in [3.05, 3.63) is 63.4 Å². The fourth-order valence-corrected chi connectivity index (χ4v) is 2.32. The molecule has 2 N–H and O–H groups in total. The molecule has 21 heavy (non-hydrogen) atoms. The number of carbonyl (C=O) groups is 1. The average molecular weight is 324 g/mol. The van der Waals surface area contributed by atoms with E-state index in [1.165, 1.54) is 0 Å². The van der Waals surface area contributed by atoms with Gasteiger partial charge in [-0.2, -0.15) is 0 Å². The molecule has 0 fully saturated rings. The Hall–Kier alpha value is -1.62.